The van der Waals surface area contributed by atoms with E-state index in [-0.39, 0.29) is 0 Å². The molecule has 2 aliphatic carbocycles. The van der Waals surface area contributed by atoms with Crippen LogP contribution in [0.25, 0.3) is 22.3 Å². The molecule has 2 saturated carbocycles. The van der Waals surface area contributed by atoms with Crippen LogP contribution in [0.4, 0.5) is 34.9 Å². The number of amides is 1. The smallest absolute Gasteiger partial charge is 0.248 e. The summed E-state index contributed by atoms with van der Waals surface area (Å²) in [6.07, 6.45) is 12.1. The van der Waals surface area contributed by atoms with Gasteiger partial charge in [-0.25, -0.2) is 9.97 Å². The highest BCUT2D eigenvalue weighted by Gasteiger charge is 2.22. The van der Waals surface area contributed by atoms with Crippen LogP contribution in [-0.2, 0) is 0 Å². The average Bonchev–Trinajstić information content (AvgIpc) is 3.85. The number of hydrogen-bond acceptors (Lipinski definition) is 14. The fourth-order valence-corrected chi connectivity index (χ4v) is 6.50. The van der Waals surface area contributed by atoms with E-state index >= 15 is 0 Å². The Bertz CT molecular complexity index is 2150. The average molecular weight is 718 g/mol. The maximum atomic E-state index is 11.2. The van der Waals surface area contributed by atoms with Crippen molar-refractivity contribution in [2.24, 2.45) is 17.2 Å². The highest BCUT2D eigenvalue weighted by atomic mass is 16.1. The summed E-state index contributed by atoms with van der Waals surface area (Å²) < 4.78 is 0. The van der Waals surface area contributed by atoms with E-state index in [0.717, 1.165) is 69.0 Å². The van der Waals surface area contributed by atoms with Crippen LogP contribution in [0.15, 0.2) is 61.2 Å². The van der Waals surface area contributed by atoms with Crippen molar-refractivity contribution < 1.29 is 9.59 Å². The Hall–Kier alpha value is -6.20. The number of H-pyrrole nitrogens is 2. The van der Waals surface area contributed by atoms with Crippen LogP contribution in [0.3, 0.4) is 0 Å². The normalized spacial score (nSPS) is 19.9. The second kappa shape index (κ2) is 16.0. The number of benzene rings is 2. The molecule has 0 saturated heterocycles. The van der Waals surface area contributed by atoms with E-state index < -0.39 is 5.91 Å². The summed E-state index contributed by atoms with van der Waals surface area (Å²) in [5.74, 6) is 1.85. The van der Waals surface area contributed by atoms with E-state index in [1.54, 1.807) is 49.1 Å². The van der Waals surface area contributed by atoms with Gasteiger partial charge in [0.15, 0.2) is 34.0 Å². The summed E-state index contributed by atoms with van der Waals surface area (Å²) in [6.45, 7) is 0. The number of carbonyl (C=O) groups excluding carboxylic acids is 2. The zero-order chi connectivity index (χ0) is 36.7. The third kappa shape index (κ3) is 8.82. The molecule has 0 bridgehead atoms. The van der Waals surface area contributed by atoms with Gasteiger partial charge in [-0.05, 0) is 99.9 Å². The molecule has 8 rings (SSSR count). The molecule has 53 heavy (non-hydrogen) atoms. The second-order valence-corrected chi connectivity index (χ2v) is 13.4. The first kappa shape index (κ1) is 35.2. The van der Waals surface area contributed by atoms with Crippen LogP contribution in [0.2, 0.25) is 0 Å². The second-order valence-electron chi connectivity index (χ2n) is 13.4. The SMILES string of the molecule is NC(=O)c1ccc(Nc2nc(N[C@H]3CC[C@H](N)CC3)nc3[nH]cnc23)cc1.N[C@H]1CC[C@H](Nc2nc(Nc3ccc(C=O)cc3)c3nc[nH]c3n2)CC1. The van der Waals surface area contributed by atoms with Crippen molar-refractivity contribution in [2.75, 3.05) is 21.3 Å². The van der Waals surface area contributed by atoms with Gasteiger partial charge in [-0.2, -0.15) is 19.9 Å². The number of primary amides is 1. The predicted molar refractivity (Wildman–Crippen MR) is 204 cm³/mol. The van der Waals surface area contributed by atoms with Gasteiger partial charge in [-0.1, -0.05) is 0 Å². The van der Waals surface area contributed by atoms with Crippen LogP contribution >= 0.6 is 0 Å². The van der Waals surface area contributed by atoms with E-state index in [0.29, 0.717) is 81.2 Å². The number of aromatic nitrogens is 8. The van der Waals surface area contributed by atoms with Crippen molar-refractivity contribution in [3.63, 3.8) is 0 Å². The van der Waals surface area contributed by atoms with Crippen molar-refractivity contribution in [3.05, 3.63) is 72.3 Å². The van der Waals surface area contributed by atoms with Crippen LogP contribution in [0, 0.1) is 0 Å². The van der Waals surface area contributed by atoms with Gasteiger partial charge in [0.05, 0.1) is 12.7 Å². The van der Waals surface area contributed by atoms with Crippen LogP contribution in [-0.4, -0.2) is 76.2 Å². The lowest BCUT2D eigenvalue weighted by molar-refractivity contribution is 0.0999. The highest BCUT2D eigenvalue weighted by molar-refractivity contribution is 5.93. The summed E-state index contributed by atoms with van der Waals surface area (Å²) in [5.41, 5.74) is 22.5. The third-order valence-electron chi connectivity index (χ3n) is 9.51. The highest BCUT2D eigenvalue weighted by Crippen LogP contribution is 2.27. The van der Waals surface area contributed by atoms with Gasteiger partial charge in [0, 0.05) is 46.7 Å². The third-order valence-corrected chi connectivity index (χ3v) is 9.51. The minimum atomic E-state index is -0.461. The Balaban J connectivity index is 0.000000164. The first-order valence-corrected chi connectivity index (χ1v) is 17.7. The number of aromatic amines is 2. The van der Waals surface area contributed by atoms with Crippen molar-refractivity contribution in [2.45, 2.75) is 75.5 Å². The Morgan fingerprint density at radius 2 is 1.08 bits per heavy atom. The summed E-state index contributed by atoms with van der Waals surface area (Å²) in [7, 11) is 0. The molecule has 4 aromatic heterocycles. The lowest BCUT2D eigenvalue weighted by Gasteiger charge is -2.26. The molecule has 17 heteroatoms. The lowest BCUT2D eigenvalue weighted by atomic mass is 9.92. The quantitative estimate of drug-likeness (QED) is 0.0885. The van der Waals surface area contributed by atoms with E-state index in [1.165, 1.54) is 0 Å². The van der Waals surface area contributed by atoms with E-state index in [2.05, 4.69) is 61.1 Å². The molecule has 0 radical (unpaired) electrons. The Labute approximate surface area is 304 Å². The molecule has 0 spiro atoms. The Morgan fingerprint density at radius 1 is 0.642 bits per heavy atom. The van der Waals surface area contributed by atoms with Crippen molar-refractivity contribution in [1.82, 2.24) is 39.9 Å². The number of hydrogen-bond donors (Lipinski definition) is 9. The molecule has 17 nitrogen and oxygen atoms in total. The van der Waals surface area contributed by atoms with Crippen molar-refractivity contribution >= 4 is 69.4 Å². The topological polar surface area (TPSA) is 269 Å². The molecule has 1 amide bonds. The van der Waals surface area contributed by atoms with Gasteiger partial charge in [0.2, 0.25) is 17.8 Å². The molecule has 0 atom stereocenters. The zero-order valence-corrected chi connectivity index (χ0v) is 29.0. The summed E-state index contributed by atoms with van der Waals surface area (Å²) in [5, 5.41) is 13.3. The predicted octanol–water partition coefficient (Wildman–Crippen LogP) is 4.47. The number of nitrogens with zero attached hydrogens (tertiary/aromatic N) is 6. The minimum absolute atomic E-state index is 0.291. The molecule has 2 aliphatic rings. The van der Waals surface area contributed by atoms with Crippen molar-refractivity contribution in [3.8, 4) is 0 Å². The molecule has 274 valence electrons. The summed E-state index contributed by atoms with van der Waals surface area (Å²) >= 11 is 0. The van der Waals surface area contributed by atoms with Gasteiger partial charge in [0.1, 0.15) is 6.29 Å². The number of imidazole rings is 2. The molecule has 12 N–H and O–H groups in total. The number of anilines is 6. The Kier molecular flexibility index (Phi) is 10.6. The maximum absolute atomic E-state index is 11.2. The van der Waals surface area contributed by atoms with Gasteiger partial charge in [0.25, 0.3) is 0 Å². The first-order chi connectivity index (χ1) is 25.8. The van der Waals surface area contributed by atoms with Gasteiger partial charge < -0.3 is 48.4 Å². The number of nitrogens with two attached hydrogens (primary N) is 3. The first-order valence-electron chi connectivity index (χ1n) is 17.7. The molecular formula is C36H43N15O2. The number of carbonyl (C=O) groups is 2. The number of nitrogens with one attached hydrogen (secondary N) is 6. The van der Waals surface area contributed by atoms with E-state index in [4.69, 9.17) is 17.2 Å². The van der Waals surface area contributed by atoms with Gasteiger partial charge in [-0.3, -0.25) is 9.59 Å². The monoisotopic (exact) mass is 717 g/mol. The fourth-order valence-electron chi connectivity index (χ4n) is 6.50. The summed E-state index contributed by atoms with van der Waals surface area (Å²) in [6, 6.07) is 15.3. The van der Waals surface area contributed by atoms with Gasteiger partial charge in [-0.15, -0.1) is 0 Å². The van der Waals surface area contributed by atoms with Crippen LogP contribution < -0.4 is 38.5 Å². The molecule has 2 aromatic carbocycles. The van der Waals surface area contributed by atoms with Crippen molar-refractivity contribution in [1.29, 1.82) is 0 Å². The largest absolute Gasteiger partial charge is 0.366 e. The molecule has 0 aliphatic heterocycles. The summed E-state index contributed by atoms with van der Waals surface area (Å²) in [4.78, 5) is 54.9. The molecule has 4 heterocycles. The van der Waals surface area contributed by atoms with Crippen LogP contribution in [0.1, 0.15) is 72.1 Å². The molecule has 2 fully saturated rings. The van der Waals surface area contributed by atoms with E-state index in [9.17, 15) is 9.59 Å². The number of rotatable bonds is 10. The Morgan fingerprint density at radius 3 is 1.49 bits per heavy atom. The standard InChI is InChI=1S/C18H22N8O.C18H21N7O/c19-11-3-7-13(8-4-11)24-18-25-16-14(21-9-22-16)17(26-18)23-12-5-1-10(2-6-12)15(20)27;19-12-3-7-14(8-4-12)23-18-24-16-15(20-10-21-16)17(25-18)22-13-5-1-11(9-26)2-6-13/h1-2,5-6,9,11,13H,3-4,7-8,19H2,(H2,20,27)(H3,21,22,23,24,25,26);1-2,5-6,9-10,12,14H,3-4,7-8,19H2,(H3,20,21,22,23,24,25)/t11-,13-;12-,14-. The lowest BCUT2D eigenvalue weighted by Crippen LogP contribution is -2.33. The maximum Gasteiger partial charge on any atom is 0.248 e. The van der Waals surface area contributed by atoms with Crippen LogP contribution in [0.5, 0.6) is 0 Å². The fraction of sp³-hybridized carbons (Fsp3) is 0.333. The molecule has 0 unspecified atom stereocenters. The molecule has 6 aromatic rings. The number of aldehydes is 1. The molecular weight excluding hydrogens is 674 g/mol. The van der Waals surface area contributed by atoms with Gasteiger partial charge >= 0.3 is 0 Å². The minimum Gasteiger partial charge on any atom is -0.366 e. The number of fused-ring (bicyclic) bond motifs is 2. The van der Waals surface area contributed by atoms with E-state index in [1.807, 2.05) is 12.1 Å². The zero-order valence-electron chi connectivity index (χ0n) is 29.0.